The van der Waals surface area contributed by atoms with Crippen LogP contribution in [-0.2, 0) is 14.8 Å². The monoisotopic (exact) mass is 367 g/mol. The number of sulfonamides is 1. The highest BCUT2D eigenvalue weighted by Crippen LogP contribution is 2.24. The minimum Gasteiger partial charge on any atom is -0.457 e. The largest absolute Gasteiger partial charge is 0.457 e. The fourth-order valence-electron chi connectivity index (χ4n) is 2.45. The van der Waals surface area contributed by atoms with Gasteiger partial charge in [-0.2, -0.15) is 0 Å². The zero-order valence-electron chi connectivity index (χ0n) is 12.9. The third kappa shape index (κ3) is 4.48. The van der Waals surface area contributed by atoms with Crippen molar-refractivity contribution < 1.29 is 17.9 Å². The maximum Gasteiger partial charge on any atom is 0.240 e. The summed E-state index contributed by atoms with van der Waals surface area (Å²) in [7, 11) is -3.56. The van der Waals surface area contributed by atoms with Crippen LogP contribution in [0.25, 0.3) is 0 Å². The summed E-state index contributed by atoms with van der Waals surface area (Å²) in [5.74, 6) is 1.18. The average molecular weight is 368 g/mol. The second-order valence-corrected chi connectivity index (χ2v) is 7.71. The van der Waals surface area contributed by atoms with E-state index in [2.05, 4.69) is 4.72 Å². The van der Waals surface area contributed by atoms with Gasteiger partial charge in [-0.3, -0.25) is 0 Å². The van der Waals surface area contributed by atoms with Gasteiger partial charge in [0.1, 0.15) is 11.5 Å². The minimum atomic E-state index is -3.56. The third-order valence-corrected chi connectivity index (χ3v) is 5.45. The molecule has 1 atom stereocenters. The Bertz CT molecular complexity index is 769. The van der Waals surface area contributed by atoms with Gasteiger partial charge in [-0.1, -0.05) is 11.6 Å². The van der Waals surface area contributed by atoms with Crippen LogP contribution in [0.2, 0.25) is 5.02 Å². The first-order chi connectivity index (χ1) is 11.5. The number of benzene rings is 2. The molecule has 0 aromatic heterocycles. The molecule has 1 unspecified atom stereocenters. The number of hydrogen-bond acceptors (Lipinski definition) is 4. The van der Waals surface area contributed by atoms with Gasteiger partial charge in [0.15, 0.2) is 0 Å². The van der Waals surface area contributed by atoms with Gasteiger partial charge in [0, 0.05) is 17.7 Å². The molecule has 0 bridgehead atoms. The molecule has 2 aromatic carbocycles. The van der Waals surface area contributed by atoms with Crippen molar-refractivity contribution in [2.24, 2.45) is 0 Å². The summed E-state index contributed by atoms with van der Waals surface area (Å²) in [6.45, 7) is 1.10. The normalized spacial score (nSPS) is 18.3. The first-order valence-electron chi connectivity index (χ1n) is 7.66. The number of hydrogen-bond donors (Lipinski definition) is 1. The summed E-state index contributed by atoms with van der Waals surface area (Å²) in [5.41, 5.74) is 0. The van der Waals surface area contributed by atoms with Crippen molar-refractivity contribution in [1.29, 1.82) is 0 Å². The van der Waals surface area contributed by atoms with Gasteiger partial charge in [-0.15, -0.1) is 0 Å². The predicted molar refractivity (Wildman–Crippen MR) is 92.1 cm³/mol. The van der Waals surface area contributed by atoms with Gasteiger partial charge < -0.3 is 9.47 Å². The van der Waals surface area contributed by atoms with E-state index in [0.717, 1.165) is 12.8 Å². The molecule has 0 radical (unpaired) electrons. The summed E-state index contributed by atoms with van der Waals surface area (Å²) in [6.07, 6.45) is 1.65. The second kappa shape index (κ2) is 7.53. The lowest BCUT2D eigenvalue weighted by Crippen LogP contribution is -2.40. The van der Waals surface area contributed by atoms with E-state index >= 15 is 0 Å². The Morgan fingerprint density at radius 2 is 1.67 bits per heavy atom. The van der Waals surface area contributed by atoms with E-state index in [1.165, 1.54) is 12.1 Å². The van der Waals surface area contributed by atoms with Crippen molar-refractivity contribution in [3.8, 4) is 11.5 Å². The summed E-state index contributed by atoms with van der Waals surface area (Å²) >= 11 is 5.83. The Morgan fingerprint density at radius 1 is 1.04 bits per heavy atom. The van der Waals surface area contributed by atoms with E-state index in [4.69, 9.17) is 21.1 Å². The minimum absolute atomic E-state index is 0.172. The number of nitrogens with one attached hydrogen (secondary N) is 1. The Labute approximate surface area is 146 Å². The molecule has 5 nitrogen and oxygen atoms in total. The fraction of sp³-hybridized carbons (Fsp3) is 0.294. The number of rotatable bonds is 5. The van der Waals surface area contributed by atoms with Crippen LogP contribution in [0.15, 0.2) is 53.4 Å². The maximum atomic E-state index is 12.4. The lowest BCUT2D eigenvalue weighted by Gasteiger charge is -2.23. The van der Waals surface area contributed by atoms with E-state index in [-0.39, 0.29) is 10.9 Å². The van der Waals surface area contributed by atoms with Crippen LogP contribution in [-0.4, -0.2) is 27.7 Å². The van der Waals surface area contributed by atoms with Crippen molar-refractivity contribution in [2.75, 3.05) is 13.2 Å². The first-order valence-corrected chi connectivity index (χ1v) is 9.53. The summed E-state index contributed by atoms with van der Waals surface area (Å²) < 4.78 is 38.4. The van der Waals surface area contributed by atoms with Gasteiger partial charge in [0.05, 0.1) is 11.5 Å². The highest BCUT2D eigenvalue weighted by molar-refractivity contribution is 7.89. The van der Waals surface area contributed by atoms with Gasteiger partial charge >= 0.3 is 0 Å². The Hall–Kier alpha value is -1.60. The number of halogens is 1. The van der Waals surface area contributed by atoms with E-state index in [1.807, 2.05) is 0 Å². The molecule has 7 heteroatoms. The number of ether oxygens (including phenoxy) is 2. The van der Waals surface area contributed by atoms with E-state index in [9.17, 15) is 8.42 Å². The Morgan fingerprint density at radius 3 is 2.25 bits per heavy atom. The van der Waals surface area contributed by atoms with Gasteiger partial charge in [0.25, 0.3) is 0 Å². The molecule has 3 rings (SSSR count). The Kier molecular flexibility index (Phi) is 5.40. The fourth-order valence-corrected chi connectivity index (χ4v) is 3.83. The van der Waals surface area contributed by atoms with Gasteiger partial charge in [-0.05, 0) is 61.4 Å². The van der Waals surface area contributed by atoms with E-state index in [1.54, 1.807) is 36.4 Å². The zero-order valence-corrected chi connectivity index (χ0v) is 14.5. The van der Waals surface area contributed by atoms with E-state index in [0.29, 0.717) is 29.7 Å². The van der Waals surface area contributed by atoms with Crippen LogP contribution < -0.4 is 9.46 Å². The predicted octanol–water partition coefficient (Wildman–Crippen LogP) is 3.59. The molecule has 24 heavy (non-hydrogen) atoms. The smallest absolute Gasteiger partial charge is 0.240 e. The van der Waals surface area contributed by atoms with Crippen molar-refractivity contribution in [2.45, 2.75) is 23.8 Å². The molecule has 1 heterocycles. The molecule has 0 saturated carbocycles. The van der Waals surface area contributed by atoms with Gasteiger partial charge in [0.2, 0.25) is 10.0 Å². The molecular weight excluding hydrogens is 350 g/mol. The van der Waals surface area contributed by atoms with Crippen LogP contribution in [0.1, 0.15) is 12.8 Å². The molecule has 1 aliphatic heterocycles. The second-order valence-electron chi connectivity index (χ2n) is 5.56. The highest BCUT2D eigenvalue weighted by atomic mass is 35.5. The van der Waals surface area contributed by atoms with E-state index < -0.39 is 10.0 Å². The molecule has 1 aliphatic rings. The zero-order chi connectivity index (χ0) is 17.0. The van der Waals surface area contributed by atoms with Crippen molar-refractivity contribution >= 4 is 21.6 Å². The third-order valence-electron chi connectivity index (χ3n) is 3.67. The molecule has 0 spiro atoms. The summed E-state index contributed by atoms with van der Waals surface area (Å²) in [5, 5.41) is 0.626. The van der Waals surface area contributed by atoms with Crippen molar-refractivity contribution in [3.05, 3.63) is 53.6 Å². The molecule has 2 aromatic rings. The van der Waals surface area contributed by atoms with Crippen LogP contribution in [0, 0.1) is 0 Å². The van der Waals surface area contributed by atoms with Crippen LogP contribution in [0.3, 0.4) is 0 Å². The first kappa shape index (κ1) is 17.2. The quantitative estimate of drug-likeness (QED) is 0.877. The summed E-state index contributed by atoms with van der Waals surface area (Å²) in [6, 6.07) is 13.1. The molecule has 0 aliphatic carbocycles. The van der Waals surface area contributed by atoms with Crippen LogP contribution >= 0.6 is 11.6 Å². The SMILES string of the molecule is O=S(=O)(NC1CCCOC1)c1ccc(Oc2ccc(Cl)cc2)cc1. The standard InChI is InChI=1S/C17H18ClNO4S/c18-13-3-5-15(6-4-13)23-16-7-9-17(10-8-16)24(20,21)19-14-2-1-11-22-12-14/h3-10,14,19H,1-2,11-12H2. The Balaban J connectivity index is 1.67. The van der Waals surface area contributed by atoms with Crippen LogP contribution in [0.5, 0.6) is 11.5 Å². The maximum absolute atomic E-state index is 12.4. The molecule has 1 saturated heterocycles. The van der Waals surface area contributed by atoms with Crippen molar-refractivity contribution in [1.82, 2.24) is 4.72 Å². The van der Waals surface area contributed by atoms with Gasteiger partial charge in [-0.25, -0.2) is 13.1 Å². The summed E-state index contributed by atoms with van der Waals surface area (Å²) in [4.78, 5) is 0.205. The average Bonchev–Trinajstić information content (AvgIpc) is 2.58. The molecular formula is C17H18ClNO4S. The van der Waals surface area contributed by atoms with Crippen LogP contribution in [0.4, 0.5) is 0 Å². The lowest BCUT2D eigenvalue weighted by molar-refractivity contribution is 0.0774. The molecule has 0 amide bonds. The molecule has 1 N–H and O–H groups in total. The lowest BCUT2D eigenvalue weighted by atomic mass is 10.1. The molecule has 128 valence electrons. The van der Waals surface area contributed by atoms with Crippen molar-refractivity contribution in [3.63, 3.8) is 0 Å². The highest BCUT2D eigenvalue weighted by Gasteiger charge is 2.22. The molecule has 1 fully saturated rings. The topological polar surface area (TPSA) is 64.6 Å².